The highest BCUT2D eigenvalue weighted by Crippen LogP contribution is 2.36. The first kappa shape index (κ1) is 12.9. The van der Waals surface area contributed by atoms with Crippen molar-refractivity contribution < 1.29 is 9.59 Å². The third-order valence-corrected chi connectivity index (χ3v) is 3.90. The lowest BCUT2D eigenvalue weighted by Crippen LogP contribution is -2.35. The Morgan fingerprint density at radius 3 is 2.85 bits per heavy atom. The van der Waals surface area contributed by atoms with Gasteiger partial charge in [0.1, 0.15) is 0 Å². The number of halogens is 1. The van der Waals surface area contributed by atoms with Crippen LogP contribution in [0, 0.1) is 0 Å². The molecule has 1 heterocycles. The molecule has 0 fully saturated rings. The quantitative estimate of drug-likeness (QED) is 0.671. The molecule has 2 aromatic rings. The van der Waals surface area contributed by atoms with Crippen molar-refractivity contribution in [3.8, 4) is 0 Å². The number of imide groups is 1. The number of benzene rings is 2. The van der Waals surface area contributed by atoms with Crippen LogP contribution in [0.3, 0.4) is 0 Å². The first-order valence-corrected chi connectivity index (χ1v) is 6.88. The van der Waals surface area contributed by atoms with Gasteiger partial charge < -0.3 is 5.32 Å². The zero-order valence-electron chi connectivity index (χ0n) is 10.5. The molecule has 0 saturated heterocycles. The second kappa shape index (κ2) is 4.76. The van der Waals surface area contributed by atoms with E-state index in [0.717, 1.165) is 9.86 Å². The van der Waals surface area contributed by atoms with Crippen LogP contribution in [0.5, 0.6) is 0 Å². The van der Waals surface area contributed by atoms with Gasteiger partial charge in [0.25, 0.3) is 11.8 Å². The normalized spacial score (nSPS) is 13.2. The fourth-order valence-corrected chi connectivity index (χ4v) is 2.97. The fraction of sp³-hybridized carbons (Fsp3) is 0.0667. The van der Waals surface area contributed by atoms with E-state index in [1.54, 1.807) is 18.2 Å². The molecule has 2 amide bonds. The van der Waals surface area contributed by atoms with Crippen molar-refractivity contribution in [3.05, 3.63) is 52.5 Å². The van der Waals surface area contributed by atoms with Gasteiger partial charge in [-0.2, -0.15) is 0 Å². The predicted octanol–water partition coefficient (Wildman–Crippen LogP) is 3.08. The van der Waals surface area contributed by atoms with Crippen molar-refractivity contribution in [3.63, 3.8) is 0 Å². The average Bonchev–Trinajstić information content (AvgIpc) is 2.43. The number of hydrogen-bond donors (Lipinski definition) is 2. The SMILES string of the molecule is C=CCNc1cc(Br)c2cccc3c2c1C(=O)NC3=O. The lowest BCUT2D eigenvalue weighted by atomic mass is 9.94. The molecule has 2 aromatic carbocycles. The van der Waals surface area contributed by atoms with E-state index in [-0.39, 0.29) is 11.8 Å². The van der Waals surface area contributed by atoms with Crippen LogP contribution in [0.25, 0.3) is 10.8 Å². The van der Waals surface area contributed by atoms with Gasteiger partial charge in [-0.25, -0.2) is 0 Å². The molecule has 0 radical (unpaired) electrons. The van der Waals surface area contributed by atoms with E-state index in [9.17, 15) is 9.59 Å². The van der Waals surface area contributed by atoms with Crippen molar-refractivity contribution in [2.75, 3.05) is 11.9 Å². The maximum Gasteiger partial charge on any atom is 0.260 e. The highest BCUT2D eigenvalue weighted by Gasteiger charge is 2.28. The fourth-order valence-electron chi connectivity index (χ4n) is 2.41. The highest BCUT2D eigenvalue weighted by atomic mass is 79.9. The average molecular weight is 331 g/mol. The maximum absolute atomic E-state index is 12.2. The minimum atomic E-state index is -0.377. The second-order valence-corrected chi connectivity index (χ2v) is 5.32. The zero-order valence-corrected chi connectivity index (χ0v) is 12.1. The van der Waals surface area contributed by atoms with E-state index >= 15 is 0 Å². The Hall–Kier alpha value is -2.14. The summed E-state index contributed by atoms with van der Waals surface area (Å²) in [6.45, 7) is 4.19. The number of carbonyl (C=O) groups is 2. The number of nitrogens with one attached hydrogen (secondary N) is 2. The van der Waals surface area contributed by atoms with E-state index in [4.69, 9.17) is 0 Å². The van der Waals surface area contributed by atoms with Crippen LogP contribution in [0.2, 0.25) is 0 Å². The van der Waals surface area contributed by atoms with Crippen LogP contribution in [0.4, 0.5) is 5.69 Å². The van der Waals surface area contributed by atoms with Crippen molar-refractivity contribution >= 4 is 44.2 Å². The summed E-state index contributed by atoms with van der Waals surface area (Å²) < 4.78 is 0.840. The maximum atomic E-state index is 12.2. The lowest BCUT2D eigenvalue weighted by Gasteiger charge is -2.21. The van der Waals surface area contributed by atoms with Gasteiger partial charge in [0, 0.05) is 27.7 Å². The molecule has 0 atom stereocenters. The molecule has 3 rings (SSSR count). The number of carbonyl (C=O) groups excluding carboxylic acids is 2. The molecule has 20 heavy (non-hydrogen) atoms. The molecule has 0 saturated carbocycles. The molecule has 5 heteroatoms. The van der Waals surface area contributed by atoms with Gasteiger partial charge in [-0.1, -0.05) is 34.1 Å². The molecule has 4 nitrogen and oxygen atoms in total. The Morgan fingerprint density at radius 1 is 1.30 bits per heavy atom. The van der Waals surface area contributed by atoms with Crippen LogP contribution in [-0.2, 0) is 0 Å². The van der Waals surface area contributed by atoms with Crippen LogP contribution in [-0.4, -0.2) is 18.4 Å². The van der Waals surface area contributed by atoms with Crippen LogP contribution < -0.4 is 10.6 Å². The molecule has 1 aliphatic rings. The molecule has 2 N–H and O–H groups in total. The van der Waals surface area contributed by atoms with Gasteiger partial charge in [-0.15, -0.1) is 6.58 Å². The lowest BCUT2D eigenvalue weighted by molar-refractivity contribution is 0.0845. The van der Waals surface area contributed by atoms with Crippen LogP contribution >= 0.6 is 15.9 Å². The van der Waals surface area contributed by atoms with Crippen LogP contribution in [0.15, 0.2) is 41.4 Å². The molecular weight excluding hydrogens is 320 g/mol. The van der Waals surface area contributed by atoms with Gasteiger partial charge in [0.05, 0.1) is 5.56 Å². The molecule has 0 aliphatic carbocycles. The topological polar surface area (TPSA) is 58.2 Å². The molecular formula is C15H11BrN2O2. The van der Waals surface area contributed by atoms with Crippen molar-refractivity contribution in [1.29, 1.82) is 0 Å². The number of anilines is 1. The molecule has 0 unspecified atom stereocenters. The van der Waals surface area contributed by atoms with Gasteiger partial charge in [-0.3, -0.25) is 14.9 Å². The van der Waals surface area contributed by atoms with Crippen LogP contribution in [0.1, 0.15) is 20.7 Å². The Kier molecular flexibility index (Phi) is 3.06. The summed E-state index contributed by atoms with van der Waals surface area (Å²) in [6, 6.07) is 7.26. The third-order valence-electron chi connectivity index (χ3n) is 3.25. The summed E-state index contributed by atoms with van der Waals surface area (Å²) in [4.78, 5) is 24.1. The van der Waals surface area contributed by atoms with Gasteiger partial charge in [0.15, 0.2) is 0 Å². The smallest absolute Gasteiger partial charge is 0.260 e. The molecule has 1 aliphatic heterocycles. The molecule has 0 aromatic heterocycles. The third kappa shape index (κ3) is 1.82. The van der Waals surface area contributed by atoms with Gasteiger partial charge in [-0.05, 0) is 17.5 Å². The molecule has 0 bridgehead atoms. The first-order valence-electron chi connectivity index (χ1n) is 6.09. The summed E-state index contributed by atoms with van der Waals surface area (Å²) >= 11 is 3.49. The van der Waals surface area contributed by atoms with E-state index in [1.807, 2.05) is 12.1 Å². The summed E-state index contributed by atoms with van der Waals surface area (Å²) in [5, 5.41) is 7.04. The molecule has 100 valence electrons. The highest BCUT2D eigenvalue weighted by molar-refractivity contribution is 9.10. The van der Waals surface area contributed by atoms with E-state index in [0.29, 0.717) is 28.7 Å². The summed E-state index contributed by atoms with van der Waals surface area (Å²) in [5.41, 5.74) is 1.70. The summed E-state index contributed by atoms with van der Waals surface area (Å²) in [5.74, 6) is -0.737. The first-order chi connectivity index (χ1) is 9.63. The summed E-state index contributed by atoms with van der Waals surface area (Å²) in [7, 11) is 0. The minimum Gasteiger partial charge on any atom is -0.381 e. The van der Waals surface area contributed by atoms with E-state index in [1.165, 1.54) is 0 Å². The Morgan fingerprint density at radius 2 is 2.10 bits per heavy atom. The second-order valence-electron chi connectivity index (χ2n) is 4.46. The predicted molar refractivity (Wildman–Crippen MR) is 82.1 cm³/mol. The monoisotopic (exact) mass is 330 g/mol. The number of amides is 2. The standard InChI is InChI=1S/C15H11BrN2O2/c1-2-6-17-11-7-10(16)8-4-3-5-9-12(8)13(11)15(20)18-14(9)19/h2-5,7,17H,1,6H2,(H,18,19,20). The number of hydrogen-bond acceptors (Lipinski definition) is 3. The van der Waals surface area contributed by atoms with Crippen molar-refractivity contribution in [2.24, 2.45) is 0 Å². The minimum absolute atomic E-state index is 0.360. The molecule has 0 spiro atoms. The Bertz CT molecular complexity index is 768. The van der Waals surface area contributed by atoms with Crippen molar-refractivity contribution in [1.82, 2.24) is 5.32 Å². The Labute approximate surface area is 124 Å². The zero-order chi connectivity index (χ0) is 14.3. The number of rotatable bonds is 3. The summed E-state index contributed by atoms with van der Waals surface area (Å²) in [6.07, 6.45) is 1.71. The Balaban J connectivity index is 2.40. The van der Waals surface area contributed by atoms with E-state index in [2.05, 4.69) is 33.1 Å². The van der Waals surface area contributed by atoms with E-state index < -0.39 is 0 Å². The van der Waals surface area contributed by atoms with Gasteiger partial charge in [0.2, 0.25) is 0 Å². The van der Waals surface area contributed by atoms with Gasteiger partial charge >= 0.3 is 0 Å². The largest absolute Gasteiger partial charge is 0.381 e. The van der Waals surface area contributed by atoms with Crippen molar-refractivity contribution in [2.45, 2.75) is 0 Å².